The Morgan fingerprint density at radius 1 is 0.636 bits per heavy atom. The Hall–Kier alpha value is -3.78. The molecule has 0 saturated carbocycles. The fraction of sp³-hybridized carbons (Fsp3) is 0.161. The third kappa shape index (κ3) is 5.53. The fourth-order valence-corrected chi connectivity index (χ4v) is 3.85. The van der Waals surface area contributed by atoms with Gasteiger partial charge in [-0.3, -0.25) is 0 Å². The normalized spacial score (nSPS) is 11.0. The molecule has 2 heteroatoms. The predicted octanol–water partition coefficient (Wildman–Crippen LogP) is 8.65. The lowest BCUT2D eigenvalue weighted by atomic mass is 10.0. The zero-order chi connectivity index (χ0) is 23.2. The molecule has 4 aromatic carbocycles. The van der Waals surface area contributed by atoms with Crippen LogP contribution in [0.2, 0.25) is 0 Å². The Labute approximate surface area is 197 Å². The first-order valence-corrected chi connectivity index (χ1v) is 11.5. The number of benzene rings is 4. The van der Waals surface area contributed by atoms with Crippen molar-refractivity contribution in [1.29, 1.82) is 0 Å². The standard InChI is InChI=1S/C31H31NO/c1-5-33-31-20-11-26(12-21-31)10-13-27-14-19-30(22-25(27)4)32(28-15-6-23(2)7-16-28)29-17-8-24(3)9-18-29/h6-22H,5H2,1-4H3. The molecule has 0 aliphatic carbocycles. The van der Waals surface area contributed by atoms with E-state index in [2.05, 4.69) is 117 Å². The highest BCUT2D eigenvalue weighted by Crippen LogP contribution is 2.35. The summed E-state index contributed by atoms with van der Waals surface area (Å²) in [5.74, 6) is 0.905. The van der Waals surface area contributed by atoms with E-state index in [1.54, 1.807) is 0 Å². The summed E-state index contributed by atoms with van der Waals surface area (Å²) < 4.78 is 5.54. The maximum absolute atomic E-state index is 5.54. The van der Waals surface area contributed by atoms with Gasteiger partial charge >= 0.3 is 0 Å². The molecule has 0 heterocycles. The molecule has 0 amide bonds. The van der Waals surface area contributed by atoms with E-state index < -0.39 is 0 Å². The molecular weight excluding hydrogens is 402 g/mol. The molecule has 0 aromatic heterocycles. The molecule has 0 aliphatic heterocycles. The first kappa shape index (κ1) is 22.4. The second kappa shape index (κ2) is 10.2. The van der Waals surface area contributed by atoms with Crippen LogP contribution < -0.4 is 9.64 Å². The number of anilines is 3. The second-order valence-corrected chi connectivity index (χ2v) is 8.38. The van der Waals surface area contributed by atoms with Gasteiger partial charge in [-0.2, -0.15) is 0 Å². The van der Waals surface area contributed by atoms with E-state index in [4.69, 9.17) is 4.74 Å². The van der Waals surface area contributed by atoms with Crippen LogP contribution in [0, 0.1) is 20.8 Å². The van der Waals surface area contributed by atoms with E-state index in [1.165, 1.54) is 22.3 Å². The number of hydrogen-bond donors (Lipinski definition) is 0. The van der Waals surface area contributed by atoms with Crippen molar-refractivity contribution in [3.8, 4) is 5.75 Å². The Morgan fingerprint density at radius 2 is 1.18 bits per heavy atom. The number of ether oxygens (including phenoxy) is 1. The quantitative estimate of drug-likeness (QED) is 0.270. The van der Waals surface area contributed by atoms with Gasteiger partial charge in [-0.1, -0.05) is 65.7 Å². The van der Waals surface area contributed by atoms with Gasteiger partial charge in [-0.05, 0) is 92.9 Å². The van der Waals surface area contributed by atoms with Gasteiger partial charge in [0.05, 0.1) is 6.61 Å². The monoisotopic (exact) mass is 433 g/mol. The molecule has 4 rings (SSSR count). The first-order valence-electron chi connectivity index (χ1n) is 11.5. The molecule has 0 N–H and O–H groups in total. The molecule has 33 heavy (non-hydrogen) atoms. The van der Waals surface area contributed by atoms with Crippen molar-refractivity contribution in [3.63, 3.8) is 0 Å². The lowest BCUT2D eigenvalue weighted by Crippen LogP contribution is -2.10. The summed E-state index contributed by atoms with van der Waals surface area (Å²) in [4.78, 5) is 2.31. The largest absolute Gasteiger partial charge is 0.494 e. The average molecular weight is 434 g/mol. The van der Waals surface area contributed by atoms with E-state index in [1.807, 2.05) is 19.1 Å². The van der Waals surface area contributed by atoms with Crippen LogP contribution in [0.3, 0.4) is 0 Å². The summed E-state index contributed by atoms with van der Waals surface area (Å²) in [6.45, 7) is 9.09. The van der Waals surface area contributed by atoms with Crippen molar-refractivity contribution in [2.45, 2.75) is 27.7 Å². The minimum Gasteiger partial charge on any atom is -0.494 e. The van der Waals surface area contributed by atoms with Crippen molar-refractivity contribution in [2.24, 2.45) is 0 Å². The van der Waals surface area contributed by atoms with E-state index >= 15 is 0 Å². The van der Waals surface area contributed by atoms with E-state index in [0.29, 0.717) is 6.61 Å². The Bertz CT molecular complexity index is 1170. The molecule has 166 valence electrons. The minimum absolute atomic E-state index is 0.683. The molecule has 0 unspecified atom stereocenters. The Balaban J connectivity index is 1.64. The lowest BCUT2D eigenvalue weighted by molar-refractivity contribution is 0.340. The maximum Gasteiger partial charge on any atom is 0.119 e. The molecule has 0 atom stereocenters. The molecule has 0 aliphatic rings. The first-order chi connectivity index (χ1) is 16.0. The molecule has 0 fully saturated rings. The predicted molar refractivity (Wildman–Crippen MR) is 142 cm³/mol. The van der Waals surface area contributed by atoms with Crippen molar-refractivity contribution < 1.29 is 4.74 Å². The zero-order valence-corrected chi connectivity index (χ0v) is 19.9. The third-order valence-corrected chi connectivity index (χ3v) is 5.74. The fourth-order valence-electron chi connectivity index (χ4n) is 3.85. The second-order valence-electron chi connectivity index (χ2n) is 8.38. The van der Waals surface area contributed by atoms with Gasteiger partial charge in [0.25, 0.3) is 0 Å². The Kier molecular flexibility index (Phi) is 6.95. The SMILES string of the molecule is CCOc1ccc(C=Cc2ccc(N(c3ccc(C)cc3)c3ccc(C)cc3)cc2C)cc1. The number of nitrogens with zero attached hydrogens (tertiary/aromatic N) is 1. The van der Waals surface area contributed by atoms with Gasteiger partial charge in [-0.15, -0.1) is 0 Å². The number of aryl methyl sites for hydroxylation is 3. The Morgan fingerprint density at radius 3 is 1.70 bits per heavy atom. The molecule has 2 nitrogen and oxygen atoms in total. The summed E-state index contributed by atoms with van der Waals surface area (Å²) >= 11 is 0. The van der Waals surface area contributed by atoms with Crippen LogP contribution in [0.15, 0.2) is 91.0 Å². The van der Waals surface area contributed by atoms with Gasteiger partial charge in [0.1, 0.15) is 5.75 Å². The summed E-state index contributed by atoms with van der Waals surface area (Å²) in [7, 11) is 0. The van der Waals surface area contributed by atoms with E-state index in [0.717, 1.165) is 28.4 Å². The van der Waals surface area contributed by atoms with Crippen LogP contribution in [0.1, 0.15) is 34.7 Å². The van der Waals surface area contributed by atoms with Crippen molar-refractivity contribution in [1.82, 2.24) is 0 Å². The highest BCUT2D eigenvalue weighted by atomic mass is 16.5. The van der Waals surface area contributed by atoms with Crippen molar-refractivity contribution in [3.05, 3.63) is 119 Å². The summed E-state index contributed by atoms with van der Waals surface area (Å²) in [5, 5.41) is 0. The van der Waals surface area contributed by atoms with Crippen molar-refractivity contribution >= 4 is 29.2 Å². The number of hydrogen-bond acceptors (Lipinski definition) is 2. The van der Waals surface area contributed by atoms with E-state index in [-0.39, 0.29) is 0 Å². The zero-order valence-electron chi connectivity index (χ0n) is 19.9. The topological polar surface area (TPSA) is 12.5 Å². The molecule has 0 bridgehead atoms. The van der Waals surface area contributed by atoms with Gasteiger partial charge in [0.2, 0.25) is 0 Å². The van der Waals surface area contributed by atoms with Crippen LogP contribution in [0.25, 0.3) is 12.2 Å². The highest BCUT2D eigenvalue weighted by Gasteiger charge is 2.13. The summed E-state index contributed by atoms with van der Waals surface area (Å²) in [6, 6.07) is 32.3. The third-order valence-electron chi connectivity index (χ3n) is 5.74. The van der Waals surface area contributed by atoms with Gasteiger partial charge in [0, 0.05) is 17.1 Å². The van der Waals surface area contributed by atoms with Gasteiger partial charge in [-0.25, -0.2) is 0 Å². The van der Waals surface area contributed by atoms with Crippen LogP contribution in [0.4, 0.5) is 17.1 Å². The molecule has 0 spiro atoms. The van der Waals surface area contributed by atoms with Crippen molar-refractivity contribution in [2.75, 3.05) is 11.5 Å². The maximum atomic E-state index is 5.54. The van der Waals surface area contributed by atoms with Crippen LogP contribution in [-0.2, 0) is 0 Å². The molecule has 4 aromatic rings. The lowest BCUT2D eigenvalue weighted by Gasteiger charge is -2.26. The van der Waals surface area contributed by atoms with Crippen LogP contribution in [0.5, 0.6) is 5.75 Å². The average Bonchev–Trinajstić information content (AvgIpc) is 2.82. The van der Waals surface area contributed by atoms with Gasteiger partial charge < -0.3 is 9.64 Å². The van der Waals surface area contributed by atoms with E-state index in [9.17, 15) is 0 Å². The molecule has 0 radical (unpaired) electrons. The van der Waals surface area contributed by atoms with Crippen LogP contribution >= 0.6 is 0 Å². The number of rotatable bonds is 7. The summed E-state index contributed by atoms with van der Waals surface area (Å²) in [5.41, 5.74) is 9.57. The van der Waals surface area contributed by atoms with Crippen LogP contribution in [-0.4, -0.2) is 6.61 Å². The highest BCUT2D eigenvalue weighted by molar-refractivity contribution is 5.79. The van der Waals surface area contributed by atoms with Gasteiger partial charge in [0.15, 0.2) is 0 Å². The smallest absolute Gasteiger partial charge is 0.119 e. The minimum atomic E-state index is 0.683. The molecular formula is C31H31NO. The molecule has 0 saturated heterocycles. The summed E-state index contributed by atoms with van der Waals surface area (Å²) in [6.07, 6.45) is 4.33.